The molecule has 1 N–H and O–H groups in total. The number of benzene rings is 3. The number of aliphatic hydroxyl groups is 1. The summed E-state index contributed by atoms with van der Waals surface area (Å²) >= 11 is 0. The van der Waals surface area contributed by atoms with Gasteiger partial charge < -0.3 is 14.7 Å². The van der Waals surface area contributed by atoms with Gasteiger partial charge in [-0.25, -0.2) is 0 Å². The van der Waals surface area contributed by atoms with Gasteiger partial charge in [-0.1, -0.05) is 45.0 Å². The Kier molecular flexibility index (Phi) is 7.11. The Morgan fingerprint density at radius 2 is 1.53 bits per heavy atom. The predicted molar refractivity (Wildman–Crippen MR) is 153 cm³/mol. The Bertz CT molecular complexity index is 1410. The summed E-state index contributed by atoms with van der Waals surface area (Å²) in [5.41, 5.74) is 5.52. The summed E-state index contributed by atoms with van der Waals surface area (Å²) in [7, 11) is 5.49. The van der Waals surface area contributed by atoms with Crippen molar-refractivity contribution in [2.24, 2.45) is 0 Å². The number of aryl methyl sites for hydroxylation is 2. The number of hydrogen-bond acceptors (Lipinski definition) is 5. The first-order valence-electron chi connectivity index (χ1n) is 12.7. The number of methoxy groups -OCH3 is 1. The third-order valence-electron chi connectivity index (χ3n) is 7.18. The minimum atomic E-state index is -0.784. The van der Waals surface area contributed by atoms with Crippen LogP contribution in [-0.4, -0.2) is 38.0 Å². The second-order valence-electron chi connectivity index (χ2n) is 11.1. The van der Waals surface area contributed by atoms with Crippen molar-refractivity contribution in [2.45, 2.75) is 46.1 Å². The van der Waals surface area contributed by atoms with E-state index in [4.69, 9.17) is 4.74 Å². The molecule has 0 spiro atoms. The fourth-order valence-electron chi connectivity index (χ4n) is 4.90. The number of rotatable bonds is 5. The highest BCUT2D eigenvalue weighted by atomic mass is 16.5. The fourth-order valence-corrected chi connectivity index (χ4v) is 4.90. The van der Waals surface area contributed by atoms with E-state index in [0.717, 1.165) is 27.9 Å². The Balaban J connectivity index is 1.93. The number of aliphatic hydroxyl groups excluding tert-OH is 1. The number of amides is 1. The fraction of sp³-hybridized carbons (Fsp3) is 0.312. The molecule has 198 valence electrons. The molecule has 0 aromatic heterocycles. The molecule has 1 aliphatic heterocycles. The standard InChI is InChI=1S/C32H36N2O4/c1-19-18-26(38-8)20(2)17-25(19)29(35)27-28(21-9-13-23(14-10-21)33(6)7)34(31(37)30(27)36)24-15-11-22(12-16-24)32(3,4)5/h9-18,28,35H,1-8H3/b29-27+. The molecular weight excluding hydrogens is 476 g/mol. The van der Waals surface area contributed by atoms with E-state index < -0.39 is 17.7 Å². The van der Waals surface area contributed by atoms with Gasteiger partial charge >= 0.3 is 0 Å². The van der Waals surface area contributed by atoms with Crippen molar-refractivity contribution in [2.75, 3.05) is 31.0 Å². The number of ether oxygens (including phenoxy) is 1. The van der Waals surface area contributed by atoms with E-state index in [1.807, 2.05) is 87.4 Å². The van der Waals surface area contributed by atoms with Crippen LogP contribution in [0.5, 0.6) is 5.75 Å². The second kappa shape index (κ2) is 10.0. The number of ketones is 1. The second-order valence-corrected chi connectivity index (χ2v) is 11.1. The van der Waals surface area contributed by atoms with Gasteiger partial charge in [0.05, 0.1) is 18.7 Å². The molecule has 1 saturated heterocycles. The number of carbonyl (C=O) groups is 2. The lowest BCUT2D eigenvalue weighted by Crippen LogP contribution is -2.29. The SMILES string of the molecule is COc1cc(C)c(/C(O)=C2\C(=O)C(=O)N(c3ccc(C(C)(C)C)cc3)C2c2ccc(N(C)C)cc2)cc1C. The van der Waals surface area contributed by atoms with Crippen LogP contribution in [0.1, 0.15) is 54.6 Å². The van der Waals surface area contributed by atoms with Crippen LogP contribution in [-0.2, 0) is 15.0 Å². The molecule has 1 unspecified atom stereocenters. The maximum absolute atomic E-state index is 13.6. The molecule has 3 aromatic rings. The van der Waals surface area contributed by atoms with Crippen LogP contribution < -0.4 is 14.5 Å². The highest BCUT2D eigenvalue weighted by Crippen LogP contribution is 2.43. The van der Waals surface area contributed by atoms with E-state index in [0.29, 0.717) is 17.0 Å². The first kappa shape index (κ1) is 27.0. The zero-order valence-corrected chi connectivity index (χ0v) is 23.4. The van der Waals surface area contributed by atoms with Crippen LogP contribution in [0.3, 0.4) is 0 Å². The largest absolute Gasteiger partial charge is 0.507 e. The number of hydrogen-bond donors (Lipinski definition) is 1. The average Bonchev–Trinajstić information content (AvgIpc) is 3.14. The van der Waals surface area contributed by atoms with Crippen LogP contribution in [0.2, 0.25) is 0 Å². The summed E-state index contributed by atoms with van der Waals surface area (Å²) in [6.45, 7) is 10.1. The van der Waals surface area contributed by atoms with Gasteiger partial charge in [0, 0.05) is 31.0 Å². The molecule has 1 amide bonds. The molecule has 0 aliphatic carbocycles. The first-order chi connectivity index (χ1) is 17.8. The molecule has 1 aliphatic rings. The third kappa shape index (κ3) is 4.78. The number of nitrogens with zero attached hydrogens (tertiary/aromatic N) is 2. The molecule has 3 aromatic carbocycles. The first-order valence-corrected chi connectivity index (χ1v) is 12.7. The molecule has 0 bridgehead atoms. The summed E-state index contributed by atoms with van der Waals surface area (Å²) in [5, 5.41) is 11.6. The molecule has 38 heavy (non-hydrogen) atoms. The topological polar surface area (TPSA) is 70.1 Å². The van der Waals surface area contributed by atoms with Crippen molar-refractivity contribution in [1.82, 2.24) is 0 Å². The Morgan fingerprint density at radius 3 is 2.05 bits per heavy atom. The molecule has 1 atom stereocenters. The van der Waals surface area contributed by atoms with Gasteiger partial charge in [-0.3, -0.25) is 14.5 Å². The molecule has 6 nitrogen and oxygen atoms in total. The quantitative estimate of drug-likeness (QED) is 0.247. The highest BCUT2D eigenvalue weighted by molar-refractivity contribution is 6.51. The number of carbonyl (C=O) groups excluding carboxylic acids is 2. The molecular formula is C32H36N2O4. The van der Waals surface area contributed by atoms with E-state index in [-0.39, 0.29) is 16.7 Å². The smallest absolute Gasteiger partial charge is 0.300 e. The van der Waals surface area contributed by atoms with Crippen molar-refractivity contribution in [3.63, 3.8) is 0 Å². The summed E-state index contributed by atoms with van der Waals surface area (Å²) in [4.78, 5) is 30.6. The van der Waals surface area contributed by atoms with Crippen molar-refractivity contribution in [3.05, 3.63) is 94.1 Å². The highest BCUT2D eigenvalue weighted by Gasteiger charge is 2.47. The van der Waals surface area contributed by atoms with Crippen LogP contribution >= 0.6 is 0 Å². The Labute approximate surface area is 225 Å². The molecule has 0 saturated carbocycles. The van der Waals surface area contributed by atoms with Crippen molar-refractivity contribution in [1.29, 1.82) is 0 Å². The minimum Gasteiger partial charge on any atom is -0.507 e. The zero-order chi connectivity index (χ0) is 27.9. The van der Waals surface area contributed by atoms with Crippen molar-refractivity contribution >= 4 is 28.8 Å². The molecule has 0 radical (unpaired) electrons. The van der Waals surface area contributed by atoms with Gasteiger partial charge in [0.1, 0.15) is 11.5 Å². The van der Waals surface area contributed by atoms with Gasteiger partial charge in [0.15, 0.2) is 0 Å². The van der Waals surface area contributed by atoms with Crippen LogP contribution in [0, 0.1) is 13.8 Å². The van der Waals surface area contributed by atoms with Crippen molar-refractivity contribution in [3.8, 4) is 5.75 Å². The van der Waals surface area contributed by atoms with E-state index in [9.17, 15) is 14.7 Å². The number of anilines is 2. The zero-order valence-electron chi connectivity index (χ0n) is 23.4. The molecule has 6 heteroatoms. The Hall–Kier alpha value is -4.06. The average molecular weight is 513 g/mol. The maximum Gasteiger partial charge on any atom is 0.300 e. The van der Waals surface area contributed by atoms with E-state index >= 15 is 0 Å². The Morgan fingerprint density at radius 1 is 0.921 bits per heavy atom. The monoisotopic (exact) mass is 512 g/mol. The molecule has 4 rings (SSSR count). The van der Waals surface area contributed by atoms with E-state index in [2.05, 4.69) is 20.8 Å². The number of Topliss-reactive ketones (excluding diaryl/α,β-unsaturated/α-hetero) is 1. The lowest BCUT2D eigenvalue weighted by Gasteiger charge is -2.27. The lowest BCUT2D eigenvalue weighted by molar-refractivity contribution is -0.132. The van der Waals surface area contributed by atoms with E-state index in [1.165, 1.54) is 4.90 Å². The van der Waals surface area contributed by atoms with Gasteiger partial charge in [0.2, 0.25) is 0 Å². The van der Waals surface area contributed by atoms with Crippen molar-refractivity contribution < 1.29 is 19.4 Å². The predicted octanol–water partition coefficient (Wildman–Crippen LogP) is 6.30. The summed E-state index contributed by atoms with van der Waals surface area (Å²) in [5.74, 6) is -0.882. The van der Waals surface area contributed by atoms with Gasteiger partial charge in [-0.15, -0.1) is 0 Å². The maximum atomic E-state index is 13.6. The minimum absolute atomic E-state index is 0.0577. The summed E-state index contributed by atoms with van der Waals surface area (Å²) < 4.78 is 5.42. The van der Waals surface area contributed by atoms with Gasteiger partial charge in [-0.05, 0) is 77.9 Å². The molecule has 1 heterocycles. The normalized spacial score (nSPS) is 17.2. The summed E-state index contributed by atoms with van der Waals surface area (Å²) in [6.07, 6.45) is 0. The summed E-state index contributed by atoms with van der Waals surface area (Å²) in [6, 6.07) is 18.2. The van der Waals surface area contributed by atoms with Crippen LogP contribution in [0.15, 0.2) is 66.2 Å². The lowest BCUT2D eigenvalue weighted by atomic mass is 9.87. The molecule has 1 fully saturated rings. The van der Waals surface area contributed by atoms with Crippen LogP contribution in [0.4, 0.5) is 11.4 Å². The van der Waals surface area contributed by atoms with Gasteiger partial charge in [0.25, 0.3) is 11.7 Å². The van der Waals surface area contributed by atoms with E-state index in [1.54, 1.807) is 13.2 Å². The van der Waals surface area contributed by atoms with Gasteiger partial charge in [-0.2, -0.15) is 0 Å². The van der Waals surface area contributed by atoms with Crippen LogP contribution in [0.25, 0.3) is 5.76 Å². The third-order valence-corrected chi connectivity index (χ3v) is 7.18.